The summed E-state index contributed by atoms with van der Waals surface area (Å²) < 4.78 is 61.2. The molecule has 2 fully saturated rings. The molecule has 0 unspecified atom stereocenters. The van der Waals surface area contributed by atoms with Crippen LogP contribution in [0, 0.1) is 27.7 Å². The Kier molecular flexibility index (Phi) is 18.6. The first kappa shape index (κ1) is 72.0. The largest absolute Gasteiger partial charge is 0.454 e. The van der Waals surface area contributed by atoms with E-state index in [2.05, 4.69) is 355 Å². The summed E-state index contributed by atoms with van der Waals surface area (Å²) in [5.74, 6) is -1.51. The fourth-order valence-electron chi connectivity index (χ4n) is 18.9. The van der Waals surface area contributed by atoms with Crippen molar-refractivity contribution in [1.82, 2.24) is 0 Å². The lowest BCUT2D eigenvalue weighted by molar-refractivity contribution is -0.661. The second-order valence-electron chi connectivity index (χ2n) is 34.5. The molecular weight excluding hydrogens is 1440 g/mol. The Morgan fingerprint density at radius 1 is 0.297 bits per heavy atom. The zero-order valence-electron chi connectivity index (χ0n) is 73.2. The van der Waals surface area contributed by atoms with E-state index in [4.69, 9.17) is 21.8 Å². The van der Waals surface area contributed by atoms with Crippen molar-refractivity contribution in [2.24, 2.45) is 28.2 Å². The van der Waals surface area contributed by atoms with Gasteiger partial charge in [-0.15, -0.1) is 0 Å². The maximum Gasteiger partial charge on any atom is 0.216 e. The van der Waals surface area contributed by atoms with Crippen LogP contribution in [0.1, 0.15) is 159 Å². The van der Waals surface area contributed by atoms with E-state index in [0.29, 0.717) is 0 Å². The summed E-state index contributed by atoms with van der Waals surface area (Å²) >= 11 is 0. The van der Waals surface area contributed by atoms with E-state index in [9.17, 15) is 0 Å². The molecule has 8 nitrogen and oxygen atoms in total. The van der Waals surface area contributed by atoms with Gasteiger partial charge in [0.15, 0.2) is 24.8 Å². The van der Waals surface area contributed by atoms with Crippen LogP contribution in [0.4, 0.5) is 0 Å². The number of benzene rings is 12. The molecule has 8 heteroatoms. The molecule has 2 aliphatic rings. The van der Waals surface area contributed by atoms with Crippen LogP contribution in [0.5, 0.6) is 0 Å². The summed E-state index contributed by atoms with van der Waals surface area (Å²) in [6.45, 7) is 19.2. The average Bonchev–Trinajstić information content (AvgIpc) is 1.60. The minimum atomic E-state index is -0.629. The van der Waals surface area contributed by atoms with Crippen molar-refractivity contribution in [1.29, 1.82) is 0 Å². The lowest BCUT2D eigenvalue weighted by atomic mass is 9.84. The lowest BCUT2D eigenvalue weighted by Crippen LogP contribution is -2.33. The first-order chi connectivity index (χ1) is 58.3. The highest BCUT2D eigenvalue weighted by molar-refractivity contribution is 6.21. The SMILES string of the molecule is Cc1ccc2c(oc3c4ccccc4ccc23)c1-c1ccc(C(C)(C)C)c[n+]1C.[2H]C(C)(C)c1ccc(-c2c(C)ccc3c2oc2c4ccccc4ccc32)[n+](C)c1.[2H]C1(c2ccc(-c3c(C)ccc4c3oc3c5ccccc5ccc43)[n+](C)c2)CCCC1.[2H]C1(c2ccc(-c3c(C)ccc4c3oc3c5ccccc5ccc43)[n+](C)c2)CCCCC1. The van der Waals surface area contributed by atoms with Crippen LogP contribution in [0.3, 0.4) is 0 Å². The number of rotatable bonds is 7. The first-order valence-corrected chi connectivity index (χ1v) is 42.2. The van der Waals surface area contributed by atoms with Crippen LogP contribution >= 0.6 is 0 Å². The highest BCUT2D eigenvalue weighted by Gasteiger charge is 2.30. The van der Waals surface area contributed by atoms with Crippen LogP contribution in [-0.4, -0.2) is 0 Å². The number of aromatic nitrogens is 4. The number of nitrogens with zero attached hydrogens (tertiary/aromatic N) is 4. The summed E-state index contributed by atoms with van der Waals surface area (Å²) in [4.78, 5) is 0. The fourth-order valence-corrected chi connectivity index (χ4v) is 18.9. The van der Waals surface area contributed by atoms with Gasteiger partial charge in [0.2, 0.25) is 22.8 Å². The van der Waals surface area contributed by atoms with Gasteiger partial charge in [-0.1, -0.05) is 237 Å². The molecule has 0 spiro atoms. The van der Waals surface area contributed by atoms with Crippen LogP contribution in [0.2, 0.25) is 0 Å². The van der Waals surface area contributed by atoms with Gasteiger partial charge in [-0.3, -0.25) is 0 Å². The Morgan fingerprint density at radius 2 is 0.568 bits per heavy atom. The minimum Gasteiger partial charge on any atom is -0.454 e. The number of fused-ring (bicyclic) bond motifs is 20. The molecular formula is C110H104N4O4+4. The van der Waals surface area contributed by atoms with E-state index < -0.39 is 17.7 Å². The lowest BCUT2D eigenvalue weighted by Gasteiger charge is -2.21. The van der Waals surface area contributed by atoms with Crippen molar-refractivity contribution in [3.05, 3.63) is 312 Å². The smallest absolute Gasteiger partial charge is 0.216 e. The van der Waals surface area contributed by atoms with Gasteiger partial charge in [0.25, 0.3) is 0 Å². The summed E-state index contributed by atoms with van der Waals surface area (Å²) in [6.07, 6.45) is 18.3. The third-order valence-electron chi connectivity index (χ3n) is 25.4. The third kappa shape index (κ3) is 13.4. The van der Waals surface area contributed by atoms with E-state index in [0.717, 1.165) is 200 Å². The maximum absolute atomic E-state index is 9.02. The summed E-state index contributed by atoms with van der Waals surface area (Å²) in [7, 11) is 8.36. The molecule has 0 aliphatic heterocycles. The molecule has 8 heterocycles. The minimum absolute atomic E-state index is 0.121. The molecule has 0 bridgehead atoms. The number of aryl methyl sites for hydroxylation is 8. The molecule has 20 aromatic rings. The second kappa shape index (κ2) is 30.5. The molecule has 8 aromatic heterocycles. The third-order valence-corrected chi connectivity index (χ3v) is 25.4. The Balaban J connectivity index is 0.000000107. The molecule has 0 amide bonds. The van der Waals surface area contributed by atoms with Crippen LogP contribution < -0.4 is 18.3 Å². The second-order valence-corrected chi connectivity index (χ2v) is 34.5. The predicted octanol–water partition coefficient (Wildman–Crippen LogP) is 28.3. The quantitative estimate of drug-likeness (QED) is 0.149. The van der Waals surface area contributed by atoms with Gasteiger partial charge in [0.1, 0.15) is 72.9 Å². The van der Waals surface area contributed by atoms with Crippen LogP contribution in [0.25, 0.3) is 176 Å². The molecule has 2 aliphatic carbocycles. The Bertz CT molecular complexity index is 7340. The van der Waals surface area contributed by atoms with Crippen LogP contribution in [-0.2, 0) is 33.6 Å². The Morgan fingerprint density at radius 3 is 0.864 bits per heavy atom. The van der Waals surface area contributed by atoms with Gasteiger partial charge in [-0.2, -0.15) is 0 Å². The fraction of sp³-hybridized carbons (Fsp3) is 0.236. The van der Waals surface area contributed by atoms with Crippen molar-refractivity contribution in [3.63, 3.8) is 0 Å². The molecule has 584 valence electrons. The van der Waals surface area contributed by atoms with Crippen molar-refractivity contribution in [3.8, 4) is 45.0 Å². The summed E-state index contributed by atoms with van der Waals surface area (Å²) in [5, 5.41) is 18.6. The van der Waals surface area contributed by atoms with E-state index in [-0.39, 0.29) is 5.41 Å². The van der Waals surface area contributed by atoms with Crippen molar-refractivity contribution in [2.75, 3.05) is 0 Å². The normalized spacial score (nSPS) is 14.7. The Hall–Kier alpha value is -12.5. The van der Waals surface area contributed by atoms with Gasteiger partial charge in [0, 0.05) is 115 Å². The number of pyridine rings is 4. The number of hydrogen-bond acceptors (Lipinski definition) is 4. The van der Waals surface area contributed by atoms with E-state index in [1.807, 2.05) is 20.9 Å². The van der Waals surface area contributed by atoms with Crippen molar-refractivity contribution < 1.29 is 40.0 Å². The molecule has 22 rings (SSSR count). The van der Waals surface area contributed by atoms with Gasteiger partial charge >= 0.3 is 0 Å². The summed E-state index contributed by atoms with van der Waals surface area (Å²) in [5.41, 5.74) is 26.1. The molecule has 0 N–H and O–H groups in total. The molecule has 12 aromatic carbocycles. The van der Waals surface area contributed by atoms with E-state index >= 15 is 0 Å². The molecule has 0 radical (unpaired) electrons. The molecule has 2 saturated carbocycles. The predicted molar refractivity (Wildman–Crippen MR) is 490 cm³/mol. The van der Waals surface area contributed by atoms with Gasteiger partial charge in [0.05, 0.1) is 22.3 Å². The molecule has 118 heavy (non-hydrogen) atoms. The van der Waals surface area contributed by atoms with Gasteiger partial charge in [-0.05, 0) is 169 Å². The Labute approximate surface area is 695 Å². The summed E-state index contributed by atoms with van der Waals surface area (Å²) in [6, 6.07) is 85.8. The monoisotopic (exact) mass is 1550 g/mol. The standard InChI is InChI=1S/C29H28NO.C28H26NO.C27H26NO.C26H24NO/c1-19-12-15-25-24-16-13-21-10-6-7-11-23(21)28(24)31-29(25)27(19)26-17-14-22(18-30(26)2)20-8-4-3-5-9-20;1-18-11-14-24-23-15-12-20-9-5-6-10-22(20)27(23)30-28(24)26(18)25-16-13-21(17-29(25)2)19-7-3-4-8-19;1-17-10-13-22-21-14-11-18-8-6-7-9-20(18)25(21)29-26(22)24(17)23-15-12-19(16-28(23)5)27(2,3)4;1-16(2)19-11-14-23(27(4)15-19)24-17(3)9-12-22-21-13-10-18-7-5-6-8-20(18)25(21)28-26(22)24/h6-7,10-18,20H,3-5,8-9H2,1-2H3;5-6,9-17,19H,3-4,7-8H2,1-2H3;6-16H,1-5H3;5-16H,1-4H3/q4*+1/i20D;19D;;16D. The first-order valence-electron chi connectivity index (χ1n) is 43.7. The van der Waals surface area contributed by atoms with Gasteiger partial charge in [-0.25, -0.2) is 18.3 Å². The maximum atomic E-state index is 9.02. The van der Waals surface area contributed by atoms with E-state index in [1.54, 1.807) is 0 Å². The highest BCUT2D eigenvalue weighted by atomic mass is 16.3. The van der Waals surface area contributed by atoms with Crippen molar-refractivity contribution in [2.45, 2.75) is 143 Å². The number of furan rings is 4. The molecule has 0 atom stereocenters. The van der Waals surface area contributed by atoms with E-state index in [1.165, 1.54) is 77.8 Å². The highest BCUT2D eigenvalue weighted by Crippen LogP contribution is 2.46. The van der Waals surface area contributed by atoms with Crippen LogP contribution in [0.15, 0.2) is 285 Å². The average molecular weight is 1550 g/mol. The van der Waals surface area contributed by atoms with Gasteiger partial charge < -0.3 is 17.7 Å². The molecule has 0 saturated heterocycles. The number of hydrogen-bond donors (Lipinski definition) is 0. The van der Waals surface area contributed by atoms with Crippen molar-refractivity contribution >= 4 is 131 Å². The zero-order chi connectivity index (χ0) is 83.7. The zero-order valence-corrected chi connectivity index (χ0v) is 70.2. The topological polar surface area (TPSA) is 68.1 Å².